The summed E-state index contributed by atoms with van der Waals surface area (Å²) in [7, 11) is 0. The number of carboxylic acids is 1. The standard InChI is InChI=1S/C3H6O.C2HCl3O2/c1-3(2)4;3-2(4,5)1(6)7/h1-2H3;(H,6,7). The molecule has 6 heteroatoms. The summed E-state index contributed by atoms with van der Waals surface area (Å²) < 4.78 is -2.17. The van der Waals surface area contributed by atoms with Crippen molar-refractivity contribution in [2.45, 2.75) is 17.6 Å². The Kier molecular flexibility index (Phi) is 6.96. The predicted molar refractivity (Wildman–Crippen MR) is 44.3 cm³/mol. The smallest absolute Gasteiger partial charge is 0.356 e. The van der Waals surface area contributed by atoms with Gasteiger partial charge in [-0.25, -0.2) is 4.79 Å². The molecule has 0 aliphatic heterocycles. The molecule has 0 radical (unpaired) electrons. The largest absolute Gasteiger partial charge is 0.478 e. The van der Waals surface area contributed by atoms with Crippen LogP contribution in [0.3, 0.4) is 0 Å². The average molecular weight is 221 g/mol. The van der Waals surface area contributed by atoms with Gasteiger partial charge in [0.1, 0.15) is 5.78 Å². The van der Waals surface area contributed by atoms with E-state index in [0.29, 0.717) is 0 Å². The molecule has 11 heavy (non-hydrogen) atoms. The minimum Gasteiger partial charge on any atom is -0.478 e. The van der Waals surface area contributed by atoms with Crippen molar-refractivity contribution in [2.75, 3.05) is 0 Å². The molecule has 66 valence electrons. The topological polar surface area (TPSA) is 54.4 Å². The van der Waals surface area contributed by atoms with Gasteiger partial charge in [0, 0.05) is 0 Å². The van der Waals surface area contributed by atoms with Crippen molar-refractivity contribution in [2.24, 2.45) is 0 Å². The Hall–Kier alpha value is 0.01000. The molecule has 0 aliphatic carbocycles. The van der Waals surface area contributed by atoms with E-state index < -0.39 is 9.76 Å². The SMILES string of the molecule is CC(C)=O.O=C(O)C(Cl)(Cl)Cl. The molecule has 0 saturated carbocycles. The quantitative estimate of drug-likeness (QED) is 0.637. The van der Waals surface area contributed by atoms with E-state index >= 15 is 0 Å². The van der Waals surface area contributed by atoms with Gasteiger partial charge in [0.15, 0.2) is 0 Å². The van der Waals surface area contributed by atoms with Crippen LogP contribution in [0.15, 0.2) is 0 Å². The van der Waals surface area contributed by atoms with Crippen LogP contribution in [0.2, 0.25) is 0 Å². The first-order valence-corrected chi connectivity index (χ1v) is 3.58. The van der Waals surface area contributed by atoms with Crippen LogP contribution in [-0.4, -0.2) is 20.7 Å². The van der Waals surface area contributed by atoms with Crippen molar-refractivity contribution < 1.29 is 14.7 Å². The molecule has 0 saturated heterocycles. The van der Waals surface area contributed by atoms with Crippen LogP contribution in [0.25, 0.3) is 0 Å². The fourth-order valence-electron chi connectivity index (χ4n) is 0. The first-order chi connectivity index (χ1) is 4.68. The number of hydrogen-bond donors (Lipinski definition) is 1. The van der Waals surface area contributed by atoms with Gasteiger partial charge in [-0.1, -0.05) is 34.8 Å². The summed E-state index contributed by atoms with van der Waals surface area (Å²) in [6.45, 7) is 3.06. The number of rotatable bonds is 0. The number of ketones is 1. The summed E-state index contributed by atoms with van der Waals surface area (Å²) in [6.07, 6.45) is 0. The Morgan fingerprint density at radius 2 is 1.27 bits per heavy atom. The molecule has 0 unspecified atom stereocenters. The van der Waals surface area contributed by atoms with Gasteiger partial charge >= 0.3 is 5.97 Å². The maximum Gasteiger partial charge on any atom is 0.356 e. The summed E-state index contributed by atoms with van der Waals surface area (Å²) in [6, 6.07) is 0. The van der Waals surface area contributed by atoms with E-state index in [1.807, 2.05) is 0 Å². The van der Waals surface area contributed by atoms with E-state index in [-0.39, 0.29) is 5.78 Å². The summed E-state index contributed by atoms with van der Waals surface area (Å²) in [5, 5.41) is 7.85. The van der Waals surface area contributed by atoms with Crippen molar-refractivity contribution in [1.82, 2.24) is 0 Å². The number of carboxylic acid groups (broad SMARTS) is 1. The van der Waals surface area contributed by atoms with Crippen LogP contribution in [0.4, 0.5) is 0 Å². The van der Waals surface area contributed by atoms with Gasteiger partial charge in [0.2, 0.25) is 0 Å². The third kappa shape index (κ3) is 17.8. The second-order valence-corrected chi connectivity index (χ2v) is 3.99. The highest BCUT2D eigenvalue weighted by molar-refractivity contribution is 6.75. The summed E-state index contributed by atoms with van der Waals surface area (Å²) >= 11 is 14.4. The van der Waals surface area contributed by atoms with Crippen LogP contribution < -0.4 is 0 Å². The van der Waals surface area contributed by atoms with Gasteiger partial charge in [0.05, 0.1) is 0 Å². The Balaban J connectivity index is 0. The number of aliphatic carboxylic acids is 1. The summed E-state index contributed by atoms with van der Waals surface area (Å²) in [5.41, 5.74) is 0. The first-order valence-electron chi connectivity index (χ1n) is 2.45. The predicted octanol–water partition coefficient (Wildman–Crippen LogP) is 2.04. The second-order valence-electron chi connectivity index (χ2n) is 1.71. The highest BCUT2D eigenvalue weighted by Gasteiger charge is 2.29. The molecule has 0 aromatic heterocycles. The zero-order valence-electron chi connectivity index (χ0n) is 5.90. The molecule has 0 amide bonds. The van der Waals surface area contributed by atoms with Crippen LogP contribution in [-0.2, 0) is 9.59 Å². The van der Waals surface area contributed by atoms with Crippen molar-refractivity contribution in [3.05, 3.63) is 0 Å². The van der Waals surface area contributed by atoms with E-state index in [2.05, 4.69) is 0 Å². The van der Waals surface area contributed by atoms with Crippen LogP contribution in [0.5, 0.6) is 0 Å². The fraction of sp³-hybridized carbons (Fsp3) is 0.600. The molecule has 0 aromatic rings. The molecule has 1 N–H and O–H groups in total. The maximum absolute atomic E-state index is 9.62. The zero-order valence-corrected chi connectivity index (χ0v) is 8.17. The molecule has 0 spiro atoms. The maximum atomic E-state index is 9.62. The lowest BCUT2D eigenvalue weighted by atomic mass is 10.6. The molecule has 0 fully saturated rings. The highest BCUT2D eigenvalue weighted by atomic mass is 35.6. The van der Waals surface area contributed by atoms with Crippen molar-refractivity contribution in [3.63, 3.8) is 0 Å². The number of Topliss-reactive ketones (excluding diaryl/α,β-unsaturated/α-hetero) is 1. The van der Waals surface area contributed by atoms with Gasteiger partial charge < -0.3 is 9.90 Å². The lowest BCUT2D eigenvalue weighted by Crippen LogP contribution is -2.16. The second kappa shape index (κ2) is 5.63. The minimum absolute atomic E-state index is 0.167. The fourth-order valence-corrected chi connectivity index (χ4v) is 0. The van der Waals surface area contributed by atoms with Gasteiger partial charge in [-0.15, -0.1) is 0 Å². The number of halogens is 3. The van der Waals surface area contributed by atoms with Gasteiger partial charge in [-0.3, -0.25) is 0 Å². The number of carbonyl (C=O) groups is 2. The molecule has 0 bridgehead atoms. The number of carbonyl (C=O) groups excluding carboxylic acids is 1. The lowest BCUT2D eigenvalue weighted by Gasteiger charge is -1.99. The number of alkyl halides is 3. The molecule has 0 atom stereocenters. The van der Waals surface area contributed by atoms with E-state index in [0.717, 1.165) is 0 Å². The minimum atomic E-state index is -2.17. The van der Waals surface area contributed by atoms with Crippen molar-refractivity contribution in [1.29, 1.82) is 0 Å². The monoisotopic (exact) mass is 220 g/mol. The van der Waals surface area contributed by atoms with E-state index in [1.165, 1.54) is 13.8 Å². The molecule has 3 nitrogen and oxygen atoms in total. The summed E-state index contributed by atoms with van der Waals surface area (Å²) in [5.74, 6) is -1.29. The zero-order chi connectivity index (χ0) is 9.65. The third-order valence-electron chi connectivity index (χ3n) is 0.243. The van der Waals surface area contributed by atoms with Gasteiger partial charge in [0.25, 0.3) is 3.79 Å². The molecular formula is C5H7Cl3O3. The molecular weight excluding hydrogens is 214 g/mol. The van der Waals surface area contributed by atoms with E-state index in [1.54, 1.807) is 0 Å². The lowest BCUT2D eigenvalue weighted by molar-refractivity contribution is -0.136. The number of hydrogen-bond acceptors (Lipinski definition) is 2. The Morgan fingerprint density at radius 3 is 1.27 bits per heavy atom. The Bertz CT molecular complexity index is 146. The normalized spacial score (nSPS) is 9.55. The Morgan fingerprint density at radius 1 is 1.18 bits per heavy atom. The van der Waals surface area contributed by atoms with Crippen LogP contribution in [0, 0.1) is 0 Å². The van der Waals surface area contributed by atoms with Crippen molar-refractivity contribution >= 4 is 46.6 Å². The van der Waals surface area contributed by atoms with E-state index in [4.69, 9.17) is 39.9 Å². The van der Waals surface area contributed by atoms with Crippen molar-refractivity contribution in [3.8, 4) is 0 Å². The molecule has 0 rings (SSSR count). The first kappa shape index (κ1) is 13.6. The van der Waals surface area contributed by atoms with Gasteiger partial charge in [-0.05, 0) is 13.8 Å². The van der Waals surface area contributed by atoms with Crippen LogP contribution >= 0.6 is 34.8 Å². The average Bonchev–Trinajstić information content (AvgIpc) is 1.59. The highest BCUT2D eigenvalue weighted by Crippen LogP contribution is 2.25. The van der Waals surface area contributed by atoms with Crippen LogP contribution in [0.1, 0.15) is 13.8 Å². The van der Waals surface area contributed by atoms with Gasteiger partial charge in [-0.2, -0.15) is 0 Å². The Labute approximate surface area is 79.2 Å². The van der Waals surface area contributed by atoms with E-state index in [9.17, 15) is 9.59 Å². The third-order valence-corrected chi connectivity index (χ3v) is 0.728. The molecule has 0 heterocycles. The summed E-state index contributed by atoms with van der Waals surface area (Å²) in [4.78, 5) is 19.1. The molecule has 0 aromatic carbocycles. The molecule has 0 aliphatic rings.